The van der Waals surface area contributed by atoms with Crippen molar-refractivity contribution in [1.82, 2.24) is 37.2 Å². The summed E-state index contributed by atoms with van der Waals surface area (Å²) < 4.78 is 147. The lowest BCUT2D eigenvalue weighted by Gasteiger charge is -2.19. The third-order valence-electron chi connectivity index (χ3n) is 13.2. The van der Waals surface area contributed by atoms with Gasteiger partial charge in [0.15, 0.2) is 0 Å². The summed E-state index contributed by atoms with van der Waals surface area (Å²) in [4.78, 5) is 85.7. The van der Waals surface area contributed by atoms with Gasteiger partial charge in [0.05, 0.1) is 264 Å². The standard InChI is InChI=1S/C68H131N7O35/c1-84-17-21-94-31-41-104-51-62(77)69-5-11-88-25-35-98-45-59(46-99-36-26-89-12-6-70-63(78)52-105-42-32-95-22-18-85-2)108-55-66(81)73-9-15-92-29-39-102-49-61(110-57-68(83)75-58-76)50-103-40-30-93-16-10-74-67(82)56-109-60(47-100-37-27-90-13-7-71-64(79)53-106-43-33-96-23-19-86-3)48-101-38-28-91-14-8-72-65(80)54-107-44-34-97-24-20-87-4/h59-61,76H,5-58H2,1-4H3,(H,69,77)(H,70,78)(H,71,79)(H,72,80)(H,73,81)(H,74,82)(H,75,83). The molecule has 8 N–H and O–H groups in total. The number of methoxy groups -OCH3 is 4. The molecule has 0 unspecified atom stereocenters. The summed E-state index contributed by atoms with van der Waals surface area (Å²) in [6.45, 7) is 9.33. The Bertz CT molecular complexity index is 1860. The van der Waals surface area contributed by atoms with Crippen LogP contribution in [0.15, 0.2) is 0 Å². The number of ether oxygens (including phenoxy) is 27. The van der Waals surface area contributed by atoms with E-state index < -0.39 is 42.8 Å². The van der Waals surface area contributed by atoms with Crippen molar-refractivity contribution in [3.05, 3.63) is 0 Å². The van der Waals surface area contributed by atoms with E-state index in [2.05, 4.69) is 37.2 Å². The zero-order valence-electron chi connectivity index (χ0n) is 65.2. The van der Waals surface area contributed by atoms with Crippen LogP contribution in [0.3, 0.4) is 0 Å². The maximum absolute atomic E-state index is 12.8. The Balaban J connectivity index is 4.85. The Morgan fingerprint density at radius 1 is 0.200 bits per heavy atom. The molecule has 0 atom stereocenters. The quantitative estimate of drug-likeness (QED) is 0.0207. The van der Waals surface area contributed by atoms with E-state index in [0.717, 1.165) is 0 Å². The molecule has 42 heteroatoms. The van der Waals surface area contributed by atoms with Gasteiger partial charge in [-0.1, -0.05) is 0 Å². The second kappa shape index (κ2) is 86.6. The number of carbonyl (C=O) groups is 7. The van der Waals surface area contributed by atoms with Gasteiger partial charge in [-0.15, -0.1) is 0 Å². The summed E-state index contributed by atoms with van der Waals surface area (Å²) >= 11 is 0. The lowest BCUT2D eigenvalue weighted by Crippen LogP contribution is -2.35. The van der Waals surface area contributed by atoms with Gasteiger partial charge in [-0.2, -0.15) is 0 Å². The summed E-state index contributed by atoms with van der Waals surface area (Å²) in [5, 5.41) is 27.6. The summed E-state index contributed by atoms with van der Waals surface area (Å²) in [6, 6.07) is 0. The molecule has 0 aliphatic rings. The molecule has 0 spiro atoms. The van der Waals surface area contributed by atoms with Crippen molar-refractivity contribution in [2.75, 3.05) is 385 Å². The second-order valence-electron chi connectivity index (χ2n) is 22.4. The van der Waals surface area contributed by atoms with Crippen LogP contribution in [-0.4, -0.2) is 450 Å². The molecule has 0 saturated carbocycles. The highest BCUT2D eigenvalue weighted by atomic mass is 16.6. The van der Waals surface area contributed by atoms with Crippen molar-refractivity contribution in [1.29, 1.82) is 0 Å². The van der Waals surface area contributed by atoms with Gasteiger partial charge in [0.25, 0.3) is 0 Å². The summed E-state index contributed by atoms with van der Waals surface area (Å²) in [7, 11) is 6.32. The van der Waals surface area contributed by atoms with Crippen LogP contribution in [0.4, 0.5) is 0 Å². The van der Waals surface area contributed by atoms with Crippen LogP contribution in [0.5, 0.6) is 0 Å². The number of rotatable bonds is 90. The Hall–Kier alpha value is -4.83. The predicted octanol–water partition coefficient (Wildman–Crippen LogP) is -6.18. The van der Waals surface area contributed by atoms with E-state index in [0.29, 0.717) is 79.3 Å². The van der Waals surface area contributed by atoms with E-state index in [4.69, 9.17) is 133 Å². The SMILES string of the molecule is COCCOCCOCC(=O)NCCOCCOCC(COCCOCCNC(=O)COCCOCCOC)OCC(=O)NCCOCCOCC(COCCOCCNC(=O)COC(COCCOCCNC(=O)COCCOCCOC)COCCOCCNC(=O)COCCOCCOC)OCC(=O)NCO. The largest absolute Gasteiger partial charge is 0.382 e. The van der Waals surface area contributed by atoms with Crippen LogP contribution in [0, 0.1) is 0 Å². The average molecular weight is 1610 g/mol. The zero-order valence-corrected chi connectivity index (χ0v) is 65.2. The highest BCUT2D eigenvalue weighted by Crippen LogP contribution is 2.01. The number of amides is 7. The highest BCUT2D eigenvalue weighted by molar-refractivity contribution is 5.79. The predicted molar refractivity (Wildman–Crippen MR) is 386 cm³/mol. The minimum atomic E-state index is -0.692. The first-order valence-electron chi connectivity index (χ1n) is 36.8. The number of aliphatic hydroxyl groups excluding tert-OH is 1. The number of carbonyl (C=O) groups excluding carboxylic acids is 7. The number of nitrogens with one attached hydrogen (secondary N) is 7. The molecular weight excluding hydrogens is 1470 g/mol. The Labute approximate surface area is 646 Å². The van der Waals surface area contributed by atoms with E-state index in [9.17, 15) is 33.6 Å². The monoisotopic (exact) mass is 1610 g/mol. The van der Waals surface area contributed by atoms with Crippen LogP contribution < -0.4 is 37.2 Å². The van der Waals surface area contributed by atoms with Gasteiger partial charge in [0, 0.05) is 67.7 Å². The van der Waals surface area contributed by atoms with Gasteiger partial charge in [-0.25, -0.2) is 0 Å². The first kappa shape index (κ1) is 105. The van der Waals surface area contributed by atoms with E-state index in [1.54, 1.807) is 28.4 Å². The average Bonchev–Trinajstić information content (AvgIpc) is 1.02. The normalized spacial score (nSPS) is 11.5. The maximum atomic E-state index is 12.8. The molecule has 42 nitrogen and oxygen atoms in total. The van der Waals surface area contributed by atoms with Gasteiger partial charge in [-0.05, 0) is 0 Å². The van der Waals surface area contributed by atoms with Crippen molar-refractivity contribution in [2.24, 2.45) is 0 Å². The van der Waals surface area contributed by atoms with Crippen LogP contribution in [0.1, 0.15) is 0 Å². The second-order valence-corrected chi connectivity index (χ2v) is 22.4. The fourth-order valence-corrected chi connectivity index (χ4v) is 7.75. The number of hydrogen-bond donors (Lipinski definition) is 8. The molecule has 0 aliphatic carbocycles. The van der Waals surface area contributed by atoms with E-state index >= 15 is 0 Å². The fraction of sp³-hybridized carbons (Fsp3) is 0.897. The molecule has 0 rings (SSSR count). The van der Waals surface area contributed by atoms with Crippen LogP contribution in [-0.2, 0) is 161 Å². The summed E-state index contributed by atoms with van der Waals surface area (Å²) in [6.07, 6.45) is -1.98. The van der Waals surface area contributed by atoms with Crippen molar-refractivity contribution >= 4 is 41.4 Å². The Morgan fingerprint density at radius 2 is 0.355 bits per heavy atom. The first-order chi connectivity index (χ1) is 54.0. The summed E-state index contributed by atoms with van der Waals surface area (Å²) in [5.41, 5.74) is 0. The molecule has 0 aromatic rings. The Kier molecular flexibility index (Phi) is 82.8. The topological polar surface area (TPSA) is 473 Å². The zero-order chi connectivity index (χ0) is 80.0. The third-order valence-corrected chi connectivity index (χ3v) is 13.2. The molecule has 0 heterocycles. The van der Waals surface area contributed by atoms with Crippen molar-refractivity contribution in [3.8, 4) is 0 Å². The first-order valence-corrected chi connectivity index (χ1v) is 36.8. The molecule has 0 aliphatic heterocycles. The van der Waals surface area contributed by atoms with E-state index in [-0.39, 0.29) is 294 Å². The molecule has 0 radical (unpaired) electrons. The third kappa shape index (κ3) is 81.2. The molecule has 110 heavy (non-hydrogen) atoms. The minimum absolute atomic E-state index is 0.0182. The van der Waals surface area contributed by atoms with Crippen molar-refractivity contribution in [2.45, 2.75) is 18.3 Å². The molecule has 0 bridgehead atoms. The fourth-order valence-electron chi connectivity index (χ4n) is 7.75. The van der Waals surface area contributed by atoms with Crippen LogP contribution >= 0.6 is 0 Å². The van der Waals surface area contributed by atoms with E-state index in [1.807, 2.05) is 0 Å². The lowest BCUT2D eigenvalue weighted by molar-refractivity contribution is -0.133. The Morgan fingerprint density at radius 3 is 0.545 bits per heavy atom. The van der Waals surface area contributed by atoms with Gasteiger partial charge >= 0.3 is 0 Å². The molecule has 0 aromatic carbocycles. The molecule has 0 saturated heterocycles. The minimum Gasteiger partial charge on any atom is -0.382 e. The van der Waals surface area contributed by atoms with Gasteiger partial charge in [0.2, 0.25) is 41.4 Å². The number of aliphatic hydroxyl groups is 1. The lowest BCUT2D eigenvalue weighted by atomic mass is 10.4. The highest BCUT2D eigenvalue weighted by Gasteiger charge is 2.17. The van der Waals surface area contributed by atoms with Gasteiger partial charge in [0.1, 0.15) is 71.3 Å². The molecule has 7 amide bonds. The molecule has 0 aromatic heterocycles. The van der Waals surface area contributed by atoms with E-state index in [1.165, 1.54) is 0 Å². The maximum Gasteiger partial charge on any atom is 0.247 e. The number of hydrogen-bond acceptors (Lipinski definition) is 35. The summed E-state index contributed by atoms with van der Waals surface area (Å²) in [5.74, 6) is -2.54. The van der Waals surface area contributed by atoms with Gasteiger partial charge in [-0.3, -0.25) is 33.6 Å². The van der Waals surface area contributed by atoms with Crippen LogP contribution in [0.2, 0.25) is 0 Å². The molecule has 648 valence electrons. The van der Waals surface area contributed by atoms with Crippen molar-refractivity contribution < 1.29 is 167 Å². The van der Waals surface area contributed by atoms with Gasteiger partial charge < -0.3 is 170 Å². The van der Waals surface area contributed by atoms with Crippen molar-refractivity contribution in [3.63, 3.8) is 0 Å². The smallest absolute Gasteiger partial charge is 0.247 e. The van der Waals surface area contributed by atoms with Crippen LogP contribution in [0.25, 0.3) is 0 Å². The molecular formula is C68H131N7O35. The molecule has 0 fully saturated rings.